The molecule has 0 atom stereocenters. The van der Waals surface area contributed by atoms with Crippen molar-refractivity contribution in [2.75, 3.05) is 31.1 Å². The van der Waals surface area contributed by atoms with Crippen molar-refractivity contribution < 1.29 is 9.53 Å². The van der Waals surface area contributed by atoms with E-state index in [4.69, 9.17) is 10.00 Å². The Morgan fingerprint density at radius 2 is 1.85 bits per heavy atom. The van der Waals surface area contributed by atoms with Gasteiger partial charge in [0.05, 0.1) is 24.9 Å². The van der Waals surface area contributed by atoms with E-state index < -0.39 is 5.60 Å². The second-order valence-electron chi connectivity index (χ2n) is 7.32. The van der Waals surface area contributed by atoms with Crippen LogP contribution in [-0.2, 0) is 17.8 Å². The van der Waals surface area contributed by atoms with Gasteiger partial charge in [-0.3, -0.25) is 4.90 Å². The number of nitriles is 1. The molecule has 0 radical (unpaired) electrons. The Morgan fingerprint density at radius 1 is 1.23 bits per heavy atom. The molecule has 142 valence electrons. The number of aromatic nitrogens is 2. The normalized spacial score (nSPS) is 16.3. The van der Waals surface area contributed by atoms with Crippen LogP contribution in [0, 0.1) is 18.3 Å². The molecule has 0 aliphatic carbocycles. The Bertz CT molecular complexity index is 686. The van der Waals surface area contributed by atoms with Crippen LogP contribution in [0.25, 0.3) is 0 Å². The first kappa shape index (κ1) is 19.9. The van der Waals surface area contributed by atoms with Gasteiger partial charge in [0.2, 0.25) is 0 Å². The van der Waals surface area contributed by atoms with Crippen molar-refractivity contribution >= 4 is 11.9 Å². The molecular weight excluding hydrogens is 332 g/mol. The van der Waals surface area contributed by atoms with Crippen molar-refractivity contribution in [2.45, 2.75) is 53.3 Å². The Balaban J connectivity index is 0.000000758. The predicted octanol–water partition coefficient (Wildman–Crippen LogP) is 1.98. The van der Waals surface area contributed by atoms with Gasteiger partial charge in [-0.25, -0.2) is 14.8 Å². The molecule has 1 saturated heterocycles. The lowest BCUT2D eigenvalue weighted by Gasteiger charge is -2.30. The van der Waals surface area contributed by atoms with Crippen LogP contribution in [0.3, 0.4) is 0 Å². The van der Waals surface area contributed by atoms with Crippen LogP contribution in [0.2, 0.25) is 0 Å². The van der Waals surface area contributed by atoms with Gasteiger partial charge in [-0.05, 0) is 27.7 Å². The standard InChI is InChI=1S/C16H25N5O2.C2H3N/c1-11-18-13-10-21(15(22)23-16(2,3)4)9-12(13)14(19-11)20-7-5-17-6-8-20;1-2-3/h17H,5-10H2,1-4H3;1H3. The number of carbonyl (C=O) groups excluding carboxylic acids is 1. The molecule has 3 rings (SSSR count). The molecule has 2 aliphatic heterocycles. The fourth-order valence-electron chi connectivity index (χ4n) is 2.95. The summed E-state index contributed by atoms with van der Waals surface area (Å²) >= 11 is 0. The lowest BCUT2D eigenvalue weighted by Crippen LogP contribution is -2.44. The third-order valence-electron chi connectivity index (χ3n) is 3.94. The first-order valence-corrected chi connectivity index (χ1v) is 8.86. The number of aryl methyl sites for hydroxylation is 1. The Hall–Kier alpha value is -2.40. The summed E-state index contributed by atoms with van der Waals surface area (Å²) in [5, 5.41) is 10.7. The van der Waals surface area contributed by atoms with Gasteiger partial charge < -0.3 is 15.0 Å². The van der Waals surface area contributed by atoms with E-state index in [-0.39, 0.29) is 6.09 Å². The molecule has 1 N–H and O–H groups in total. The average molecular weight is 360 g/mol. The number of piperazine rings is 1. The number of fused-ring (bicyclic) bond motifs is 1. The molecule has 1 aromatic rings. The molecule has 1 amide bonds. The van der Waals surface area contributed by atoms with E-state index in [0.29, 0.717) is 13.1 Å². The number of carbonyl (C=O) groups is 1. The minimum Gasteiger partial charge on any atom is -0.444 e. The number of hydrogen-bond acceptors (Lipinski definition) is 7. The summed E-state index contributed by atoms with van der Waals surface area (Å²) in [5.41, 5.74) is 1.51. The molecule has 26 heavy (non-hydrogen) atoms. The predicted molar refractivity (Wildman–Crippen MR) is 98.6 cm³/mol. The van der Waals surface area contributed by atoms with Gasteiger partial charge in [0.25, 0.3) is 0 Å². The fourth-order valence-corrected chi connectivity index (χ4v) is 2.95. The lowest BCUT2D eigenvalue weighted by atomic mass is 10.2. The molecule has 0 spiro atoms. The SMILES string of the molecule is CC#N.Cc1nc2c(c(N3CCNCC3)n1)CN(C(=O)OC(C)(C)C)C2. The maximum atomic E-state index is 12.3. The molecular formula is C18H28N6O2. The van der Waals surface area contributed by atoms with Crippen LogP contribution in [0.5, 0.6) is 0 Å². The van der Waals surface area contributed by atoms with E-state index in [1.807, 2.05) is 27.7 Å². The van der Waals surface area contributed by atoms with Gasteiger partial charge >= 0.3 is 6.09 Å². The summed E-state index contributed by atoms with van der Waals surface area (Å²) < 4.78 is 5.48. The topological polar surface area (TPSA) is 94.4 Å². The van der Waals surface area contributed by atoms with Crippen molar-refractivity contribution in [3.63, 3.8) is 0 Å². The van der Waals surface area contributed by atoms with Gasteiger partial charge in [0.15, 0.2) is 0 Å². The molecule has 0 unspecified atom stereocenters. The number of ether oxygens (including phenoxy) is 1. The van der Waals surface area contributed by atoms with Crippen LogP contribution < -0.4 is 10.2 Å². The molecule has 0 aromatic carbocycles. The summed E-state index contributed by atoms with van der Waals surface area (Å²) in [6.45, 7) is 13.7. The van der Waals surface area contributed by atoms with Gasteiger partial charge in [-0.2, -0.15) is 5.26 Å². The zero-order chi connectivity index (χ0) is 19.3. The summed E-state index contributed by atoms with van der Waals surface area (Å²) in [7, 11) is 0. The smallest absolute Gasteiger partial charge is 0.410 e. The van der Waals surface area contributed by atoms with E-state index in [1.54, 1.807) is 11.0 Å². The lowest BCUT2D eigenvalue weighted by molar-refractivity contribution is 0.0241. The monoisotopic (exact) mass is 360 g/mol. The number of anilines is 1. The third-order valence-corrected chi connectivity index (χ3v) is 3.94. The first-order chi connectivity index (χ1) is 12.2. The number of hydrogen-bond donors (Lipinski definition) is 1. The molecule has 8 heteroatoms. The van der Waals surface area contributed by atoms with Crippen molar-refractivity contribution in [1.82, 2.24) is 20.2 Å². The Labute approximate surface area is 155 Å². The molecule has 0 saturated carbocycles. The maximum absolute atomic E-state index is 12.3. The van der Waals surface area contributed by atoms with Crippen LogP contribution in [0.15, 0.2) is 0 Å². The zero-order valence-corrected chi connectivity index (χ0v) is 16.3. The average Bonchev–Trinajstić information content (AvgIpc) is 2.98. The Morgan fingerprint density at radius 3 is 2.42 bits per heavy atom. The minimum atomic E-state index is -0.491. The van der Waals surface area contributed by atoms with Crippen molar-refractivity contribution in [1.29, 1.82) is 5.26 Å². The zero-order valence-electron chi connectivity index (χ0n) is 16.3. The summed E-state index contributed by atoms with van der Waals surface area (Å²) in [4.78, 5) is 25.5. The van der Waals surface area contributed by atoms with E-state index in [2.05, 4.69) is 20.2 Å². The highest BCUT2D eigenvalue weighted by Gasteiger charge is 2.32. The van der Waals surface area contributed by atoms with E-state index >= 15 is 0 Å². The van der Waals surface area contributed by atoms with Gasteiger partial charge in [-0.1, -0.05) is 0 Å². The fraction of sp³-hybridized carbons (Fsp3) is 0.667. The largest absolute Gasteiger partial charge is 0.444 e. The number of amides is 1. The summed E-state index contributed by atoms with van der Waals surface area (Å²) in [6, 6.07) is 1.75. The highest BCUT2D eigenvalue weighted by molar-refractivity contribution is 5.70. The van der Waals surface area contributed by atoms with Crippen molar-refractivity contribution in [3.05, 3.63) is 17.1 Å². The second kappa shape index (κ2) is 8.32. The van der Waals surface area contributed by atoms with Crippen molar-refractivity contribution in [2.24, 2.45) is 0 Å². The Kier molecular flexibility index (Phi) is 6.37. The molecule has 2 aliphatic rings. The number of rotatable bonds is 1. The van der Waals surface area contributed by atoms with Crippen LogP contribution in [0.4, 0.5) is 10.6 Å². The van der Waals surface area contributed by atoms with Crippen LogP contribution in [0.1, 0.15) is 44.8 Å². The molecule has 0 bridgehead atoms. The van der Waals surface area contributed by atoms with Crippen molar-refractivity contribution in [3.8, 4) is 6.07 Å². The van der Waals surface area contributed by atoms with Gasteiger partial charge in [0.1, 0.15) is 17.2 Å². The van der Waals surface area contributed by atoms with Gasteiger partial charge in [-0.15, -0.1) is 0 Å². The van der Waals surface area contributed by atoms with Crippen LogP contribution in [-0.4, -0.2) is 52.7 Å². The first-order valence-electron chi connectivity index (χ1n) is 8.86. The third kappa shape index (κ3) is 5.05. The molecule has 1 fully saturated rings. The number of nitrogens with zero attached hydrogens (tertiary/aromatic N) is 5. The number of nitrogens with one attached hydrogen (secondary N) is 1. The maximum Gasteiger partial charge on any atom is 0.410 e. The minimum absolute atomic E-state index is 0.292. The molecule has 8 nitrogen and oxygen atoms in total. The van der Waals surface area contributed by atoms with E-state index in [0.717, 1.165) is 49.1 Å². The van der Waals surface area contributed by atoms with E-state index in [1.165, 1.54) is 6.92 Å². The second-order valence-corrected chi connectivity index (χ2v) is 7.32. The quantitative estimate of drug-likeness (QED) is 0.818. The molecule has 1 aromatic heterocycles. The summed E-state index contributed by atoms with van der Waals surface area (Å²) in [5.74, 6) is 1.73. The molecule has 3 heterocycles. The van der Waals surface area contributed by atoms with E-state index in [9.17, 15) is 4.79 Å². The summed E-state index contributed by atoms with van der Waals surface area (Å²) in [6.07, 6.45) is -0.292. The highest BCUT2D eigenvalue weighted by Crippen LogP contribution is 2.30. The van der Waals surface area contributed by atoms with Gasteiger partial charge in [0, 0.05) is 38.7 Å². The highest BCUT2D eigenvalue weighted by atomic mass is 16.6. The van der Waals surface area contributed by atoms with Crippen LogP contribution >= 0.6 is 0 Å².